The molecule has 0 aliphatic heterocycles. The quantitative estimate of drug-likeness (QED) is 0.257. The summed E-state index contributed by atoms with van der Waals surface area (Å²) < 4.78 is 30.1. The monoisotopic (exact) mass is 560 g/mol. The van der Waals surface area contributed by atoms with E-state index in [9.17, 15) is 13.2 Å². The van der Waals surface area contributed by atoms with Crippen molar-refractivity contribution >= 4 is 38.4 Å². The number of hydrogen-bond acceptors (Lipinski definition) is 7. The number of nitrogen functional groups attached to an aromatic ring is 2. The van der Waals surface area contributed by atoms with Crippen molar-refractivity contribution < 1.29 is 8.42 Å². The van der Waals surface area contributed by atoms with Gasteiger partial charge in [-0.05, 0) is 59.2 Å². The van der Waals surface area contributed by atoms with Crippen LogP contribution in [0, 0.1) is 0 Å². The molecule has 9 nitrogen and oxygen atoms in total. The van der Waals surface area contributed by atoms with Crippen LogP contribution < -0.4 is 21.7 Å². The average molecular weight is 561 g/mol. The maximum absolute atomic E-state index is 13.7. The smallest absolute Gasteiger partial charge is 0.267 e. The van der Waals surface area contributed by atoms with Gasteiger partial charge in [0.05, 0.1) is 16.6 Å². The molecule has 0 unspecified atom stereocenters. The van der Waals surface area contributed by atoms with Gasteiger partial charge in [0.15, 0.2) is 0 Å². The molecule has 0 aliphatic rings. The van der Waals surface area contributed by atoms with Gasteiger partial charge in [-0.15, -0.1) is 0 Å². The van der Waals surface area contributed by atoms with Gasteiger partial charge in [-0.1, -0.05) is 66.7 Å². The number of fused-ring (bicyclic) bond motifs is 1. The summed E-state index contributed by atoms with van der Waals surface area (Å²) in [7, 11) is -4.03. The second kappa shape index (κ2) is 10.2. The first-order valence-corrected chi connectivity index (χ1v) is 14.1. The van der Waals surface area contributed by atoms with Crippen molar-refractivity contribution in [2.75, 3.05) is 16.2 Å². The largest absolute Gasteiger partial charge is 0.383 e. The van der Waals surface area contributed by atoms with Crippen LogP contribution >= 0.6 is 0 Å². The van der Waals surface area contributed by atoms with Crippen LogP contribution in [0.5, 0.6) is 0 Å². The van der Waals surface area contributed by atoms with E-state index < -0.39 is 10.0 Å². The molecule has 5 N–H and O–H groups in total. The molecule has 202 valence electrons. The number of anilines is 3. The fourth-order valence-electron chi connectivity index (χ4n) is 4.61. The molecule has 0 bridgehead atoms. The van der Waals surface area contributed by atoms with Gasteiger partial charge in [0.1, 0.15) is 10.7 Å². The zero-order valence-electron chi connectivity index (χ0n) is 21.6. The first-order chi connectivity index (χ1) is 19.8. The normalized spacial score (nSPS) is 11.4. The minimum absolute atomic E-state index is 0.0530. The summed E-state index contributed by atoms with van der Waals surface area (Å²) in [5, 5.41) is 0.312. The number of para-hydroxylation sites is 1. The van der Waals surface area contributed by atoms with Gasteiger partial charge >= 0.3 is 0 Å². The van der Waals surface area contributed by atoms with Crippen LogP contribution in [0.15, 0.2) is 125 Å². The van der Waals surface area contributed by atoms with E-state index in [1.807, 2.05) is 54.6 Å². The van der Waals surface area contributed by atoms with Crippen molar-refractivity contribution in [3.8, 4) is 27.9 Å². The Hall–Kier alpha value is -5.48. The number of nitrogens with two attached hydrogens (primary N) is 2. The van der Waals surface area contributed by atoms with E-state index in [0.29, 0.717) is 33.4 Å². The molecular formula is C31H24N6O3S. The van der Waals surface area contributed by atoms with Gasteiger partial charge in [0, 0.05) is 17.4 Å². The Balaban J connectivity index is 1.40. The van der Waals surface area contributed by atoms with Crippen LogP contribution in [-0.2, 0) is 10.0 Å². The number of benzene rings is 4. The fourth-order valence-corrected chi connectivity index (χ4v) is 5.78. The van der Waals surface area contributed by atoms with Gasteiger partial charge in [0.2, 0.25) is 5.95 Å². The highest BCUT2D eigenvalue weighted by molar-refractivity contribution is 7.92. The highest BCUT2D eigenvalue weighted by atomic mass is 32.2. The molecule has 6 aromatic rings. The van der Waals surface area contributed by atoms with Crippen LogP contribution in [0.3, 0.4) is 0 Å². The molecule has 0 saturated carbocycles. The Kier molecular flexibility index (Phi) is 6.44. The lowest BCUT2D eigenvalue weighted by Gasteiger charge is -2.13. The molecule has 6 rings (SSSR count). The standard InChI is InChI=1S/C31H24N6O3S/c32-29-28(41(39,40)36-24-9-5-2-6-10-24)18-23(19-34-29)22-13-16-27-26(17-22)30(38)37(31(33)35-27)25-14-11-21(12-15-25)20-7-3-1-4-8-20/h1-19,36H,(H2,32,34)(H2,33,35). The van der Waals surface area contributed by atoms with Crippen molar-refractivity contribution in [3.05, 3.63) is 126 Å². The van der Waals surface area contributed by atoms with Crippen LogP contribution in [0.4, 0.5) is 17.5 Å². The molecule has 4 aromatic carbocycles. The second-order valence-electron chi connectivity index (χ2n) is 9.33. The molecule has 0 atom stereocenters. The third-order valence-corrected chi connectivity index (χ3v) is 8.07. The fraction of sp³-hybridized carbons (Fsp3) is 0. The van der Waals surface area contributed by atoms with Crippen molar-refractivity contribution in [2.24, 2.45) is 0 Å². The predicted molar refractivity (Wildman–Crippen MR) is 162 cm³/mol. The molecule has 41 heavy (non-hydrogen) atoms. The van der Waals surface area contributed by atoms with Crippen LogP contribution in [-0.4, -0.2) is 23.0 Å². The molecular weight excluding hydrogens is 536 g/mol. The topological polar surface area (TPSA) is 146 Å². The first-order valence-electron chi connectivity index (χ1n) is 12.6. The van der Waals surface area contributed by atoms with E-state index in [2.05, 4.69) is 14.7 Å². The van der Waals surface area contributed by atoms with Crippen LogP contribution in [0.2, 0.25) is 0 Å². The third-order valence-electron chi connectivity index (χ3n) is 6.66. The number of pyridine rings is 1. The van der Waals surface area contributed by atoms with E-state index in [-0.39, 0.29) is 22.2 Å². The maximum Gasteiger partial charge on any atom is 0.267 e. The summed E-state index contributed by atoms with van der Waals surface area (Å²) in [5.74, 6) is -0.0917. The molecule has 0 fully saturated rings. The number of hydrogen-bond donors (Lipinski definition) is 3. The van der Waals surface area contributed by atoms with Gasteiger partial charge < -0.3 is 11.5 Å². The summed E-state index contributed by atoms with van der Waals surface area (Å²) in [6.45, 7) is 0. The van der Waals surface area contributed by atoms with Crippen molar-refractivity contribution in [1.29, 1.82) is 0 Å². The molecule has 0 saturated heterocycles. The number of nitrogens with zero attached hydrogens (tertiary/aromatic N) is 3. The molecule has 0 radical (unpaired) electrons. The zero-order chi connectivity index (χ0) is 28.6. The van der Waals surface area contributed by atoms with Crippen LogP contribution in [0.1, 0.15) is 0 Å². The first kappa shape index (κ1) is 25.8. The van der Waals surface area contributed by atoms with Gasteiger partial charge in [-0.25, -0.2) is 23.0 Å². The molecule has 10 heteroatoms. The van der Waals surface area contributed by atoms with Crippen molar-refractivity contribution in [3.63, 3.8) is 0 Å². The SMILES string of the molecule is Nc1ncc(-c2ccc3nc(N)n(-c4ccc(-c5ccccc5)cc4)c(=O)c3c2)cc1S(=O)(=O)Nc1ccccc1. The molecule has 0 amide bonds. The van der Waals surface area contributed by atoms with Gasteiger partial charge in [-0.2, -0.15) is 0 Å². The van der Waals surface area contributed by atoms with E-state index >= 15 is 0 Å². The lowest BCUT2D eigenvalue weighted by Crippen LogP contribution is -2.23. The predicted octanol–water partition coefficient (Wildman–Crippen LogP) is 5.08. The minimum atomic E-state index is -4.03. The van der Waals surface area contributed by atoms with Gasteiger partial charge in [-0.3, -0.25) is 9.52 Å². The Labute approximate surface area is 235 Å². The second-order valence-corrected chi connectivity index (χ2v) is 11.0. The average Bonchev–Trinajstić information content (AvgIpc) is 2.98. The van der Waals surface area contributed by atoms with E-state index in [0.717, 1.165) is 11.1 Å². The third kappa shape index (κ3) is 4.99. The number of nitrogens with one attached hydrogen (secondary N) is 1. The molecule has 0 spiro atoms. The minimum Gasteiger partial charge on any atom is -0.383 e. The maximum atomic E-state index is 13.7. The molecule has 2 aromatic heterocycles. The summed E-state index contributed by atoms with van der Waals surface area (Å²) in [6.07, 6.45) is 1.46. The molecule has 2 heterocycles. The Bertz CT molecular complexity index is 2060. The number of rotatable bonds is 6. The highest BCUT2D eigenvalue weighted by Gasteiger charge is 2.20. The van der Waals surface area contributed by atoms with Crippen molar-refractivity contribution in [1.82, 2.24) is 14.5 Å². The van der Waals surface area contributed by atoms with Crippen LogP contribution in [0.25, 0.3) is 38.8 Å². The lowest BCUT2D eigenvalue weighted by atomic mass is 10.0. The molecule has 0 aliphatic carbocycles. The van der Waals surface area contributed by atoms with Crippen molar-refractivity contribution in [2.45, 2.75) is 4.90 Å². The summed E-state index contributed by atoms with van der Waals surface area (Å²) in [6, 6.07) is 32.3. The van der Waals surface area contributed by atoms with E-state index in [1.165, 1.54) is 16.8 Å². The summed E-state index contributed by atoms with van der Waals surface area (Å²) in [4.78, 5) is 22.1. The Morgan fingerprint density at radius 3 is 2.05 bits per heavy atom. The number of aromatic nitrogens is 3. The van der Waals surface area contributed by atoms with E-state index in [1.54, 1.807) is 48.5 Å². The zero-order valence-corrected chi connectivity index (χ0v) is 22.4. The lowest BCUT2D eigenvalue weighted by molar-refractivity contribution is 0.601. The van der Waals surface area contributed by atoms with E-state index in [4.69, 9.17) is 11.5 Å². The Morgan fingerprint density at radius 2 is 1.34 bits per heavy atom. The highest BCUT2D eigenvalue weighted by Crippen LogP contribution is 2.29. The number of sulfonamides is 1. The van der Waals surface area contributed by atoms with Gasteiger partial charge in [0.25, 0.3) is 15.6 Å². The Morgan fingerprint density at radius 1 is 0.707 bits per heavy atom. The summed E-state index contributed by atoms with van der Waals surface area (Å²) >= 11 is 0. The summed E-state index contributed by atoms with van der Waals surface area (Å²) in [5.41, 5.74) is 16.3.